The molecule has 0 aromatic rings. The molecule has 3 amide bonds. The molecule has 0 aromatic carbocycles. The number of rotatable bonds is 39. The van der Waals surface area contributed by atoms with Crippen molar-refractivity contribution >= 4 is 24.0 Å². The standard InChI is InChI=1S/C40H80N6O6/c1-3-5-7-9-11-13-15-17-19-25-38(50)45(31-23-27-42-40(52)37(41)35-49)29-21-22-30-46(32-24-28-43-44-36(33-47)34-48)39(51)26-20-18-16-14-12-10-8-6-4-2/h33,36-37,43-44,48-49H,3-32,34-35,41H2,1-2H3,(H,42,52)/t36-,37+/m1/s1. The summed E-state index contributed by atoms with van der Waals surface area (Å²) in [5.74, 6) is -0.105. The molecule has 12 heteroatoms. The van der Waals surface area contributed by atoms with Gasteiger partial charge in [0, 0.05) is 52.1 Å². The van der Waals surface area contributed by atoms with Crippen LogP contribution in [0.3, 0.4) is 0 Å². The number of aliphatic hydroxyl groups excluding tert-OH is 2. The highest BCUT2D eigenvalue weighted by atomic mass is 16.3. The van der Waals surface area contributed by atoms with E-state index in [1.807, 2.05) is 9.80 Å². The Balaban J connectivity index is 4.96. The highest BCUT2D eigenvalue weighted by Crippen LogP contribution is 2.14. The van der Waals surface area contributed by atoms with E-state index >= 15 is 0 Å². The number of carbonyl (C=O) groups excluding carboxylic acids is 4. The molecule has 0 unspecified atom stereocenters. The summed E-state index contributed by atoms with van der Waals surface area (Å²) in [7, 11) is 0. The van der Waals surface area contributed by atoms with Gasteiger partial charge in [0.1, 0.15) is 12.3 Å². The lowest BCUT2D eigenvalue weighted by Crippen LogP contribution is -2.45. The van der Waals surface area contributed by atoms with Crippen LogP contribution in [-0.4, -0.2) is 109 Å². The Morgan fingerprint density at radius 1 is 0.577 bits per heavy atom. The Morgan fingerprint density at radius 2 is 0.981 bits per heavy atom. The molecule has 0 radical (unpaired) electrons. The van der Waals surface area contributed by atoms with Crippen molar-refractivity contribution in [2.24, 2.45) is 5.73 Å². The Bertz CT molecular complexity index is 866. The number of amides is 3. The van der Waals surface area contributed by atoms with Crippen molar-refractivity contribution in [3.63, 3.8) is 0 Å². The third-order valence-electron chi connectivity index (χ3n) is 9.62. The first-order valence-electron chi connectivity index (χ1n) is 21.1. The molecule has 0 aliphatic rings. The van der Waals surface area contributed by atoms with Gasteiger partial charge in [-0.3, -0.25) is 19.8 Å². The molecule has 0 spiro atoms. The average molecular weight is 741 g/mol. The van der Waals surface area contributed by atoms with Crippen molar-refractivity contribution in [1.29, 1.82) is 0 Å². The Morgan fingerprint density at radius 3 is 1.38 bits per heavy atom. The van der Waals surface area contributed by atoms with Crippen LogP contribution >= 0.6 is 0 Å². The first-order chi connectivity index (χ1) is 25.3. The number of hydrogen-bond acceptors (Lipinski definition) is 9. The summed E-state index contributed by atoms with van der Waals surface area (Å²) in [6, 6.07) is -1.61. The van der Waals surface area contributed by atoms with Crippen LogP contribution in [0.15, 0.2) is 0 Å². The van der Waals surface area contributed by atoms with E-state index in [4.69, 9.17) is 10.8 Å². The normalized spacial score (nSPS) is 12.4. The van der Waals surface area contributed by atoms with Crippen molar-refractivity contribution in [3.8, 4) is 0 Å². The lowest BCUT2D eigenvalue weighted by atomic mass is 10.1. The van der Waals surface area contributed by atoms with Crippen molar-refractivity contribution in [3.05, 3.63) is 0 Å². The minimum Gasteiger partial charge on any atom is -0.394 e. The summed E-state index contributed by atoms with van der Waals surface area (Å²) in [6.07, 6.45) is 26.1. The van der Waals surface area contributed by atoms with E-state index in [0.29, 0.717) is 71.2 Å². The average Bonchev–Trinajstić information content (AvgIpc) is 3.15. The lowest BCUT2D eigenvalue weighted by Gasteiger charge is -2.26. The number of nitrogens with zero attached hydrogens (tertiary/aromatic N) is 2. The summed E-state index contributed by atoms with van der Waals surface area (Å²) >= 11 is 0. The van der Waals surface area contributed by atoms with E-state index in [0.717, 1.165) is 44.9 Å². The number of hydrogen-bond donors (Lipinski definition) is 6. The molecule has 7 N–H and O–H groups in total. The van der Waals surface area contributed by atoms with E-state index in [9.17, 15) is 24.3 Å². The van der Waals surface area contributed by atoms with E-state index in [2.05, 4.69) is 30.0 Å². The van der Waals surface area contributed by atoms with Gasteiger partial charge in [-0.2, -0.15) is 0 Å². The summed E-state index contributed by atoms with van der Waals surface area (Å²) in [4.78, 5) is 53.3. The van der Waals surface area contributed by atoms with Gasteiger partial charge in [-0.15, -0.1) is 0 Å². The van der Waals surface area contributed by atoms with Crippen LogP contribution in [0.4, 0.5) is 0 Å². The molecule has 0 saturated heterocycles. The molecular formula is C40H80N6O6. The maximum Gasteiger partial charge on any atom is 0.239 e. The van der Waals surface area contributed by atoms with Gasteiger partial charge >= 0.3 is 0 Å². The second-order valence-corrected chi connectivity index (χ2v) is 14.4. The quantitative estimate of drug-likeness (QED) is 0.0283. The fourth-order valence-corrected chi connectivity index (χ4v) is 6.20. The summed E-state index contributed by atoms with van der Waals surface area (Å²) < 4.78 is 0. The number of carbonyl (C=O) groups is 4. The van der Waals surface area contributed by atoms with Gasteiger partial charge in [-0.05, 0) is 38.5 Å². The molecule has 0 bridgehead atoms. The Hall–Kier alpha value is -2.12. The fourth-order valence-electron chi connectivity index (χ4n) is 6.20. The zero-order valence-corrected chi connectivity index (χ0v) is 33.4. The molecule has 12 nitrogen and oxygen atoms in total. The number of nitrogens with two attached hydrogens (primary N) is 1. The third-order valence-corrected chi connectivity index (χ3v) is 9.62. The van der Waals surface area contributed by atoms with Gasteiger partial charge in [0.15, 0.2) is 0 Å². The largest absolute Gasteiger partial charge is 0.394 e. The molecule has 2 atom stereocenters. The van der Waals surface area contributed by atoms with Crippen molar-refractivity contribution in [2.45, 2.75) is 180 Å². The molecule has 306 valence electrons. The lowest BCUT2D eigenvalue weighted by molar-refractivity contribution is -0.133. The number of aldehydes is 1. The minimum absolute atomic E-state index is 0.134. The molecule has 0 heterocycles. The van der Waals surface area contributed by atoms with Crippen molar-refractivity contribution < 1.29 is 29.4 Å². The summed E-state index contributed by atoms with van der Waals surface area (Å²) in [6.45, 7) is 7.02. The van der Waals surface area contributed by atoms with E-state index < -0.39 is 24.6 Å². The topological polar surface area (TPSA) is 177 Å². The first kappa shape index (κ1) is 49.9. The second-order valence-electron chi connectivity index (χ2n) is 14.4. The third kappa shape index (κ3) is 29.3. The van der Waals surface area contributed by atoms with Crippen LogP contribution in [0.2, 0.25) is 0 Å². The van der Waals surface area contributed by atoms with Gasteiger partial charge < -0.3 is 35.9 Å². The van der Waals surface area contributed by atoms with E-state index in [1.54, 1.807) is 0 Å². The second kappa shape index (κ2) is 37.2. The van der Waals surface area contributed by atoms with Gasteiger partial charge in [0.25, 0.3) is 0 Å². The van der Waals surface area contributed by atoms with Crippen LogP contribution in [0.25, 0.3) is 0 Å². The number of nitrogens with one attached hydrogen (secondary N) is 3. The number of hydrazine groups is 1. The molecule has 0 saturated carbocycles. The smallest absolute Gasteiger partial charge is 0.239 e. The van der Waals surface area contributed by atoms with Crippen LogP contribution in [-0.2, 0) is 19.2 Å². The minimum atomic E-state index is -0.948. The highest BCUT2D eigenvalue weighted by Gasteiger charge is 2.17. The van der Waals surface area contributed by atoms with Crippen LogP contribution < -0.4 is 21.9 Å². The fraction of sp³-hybridized carbons (Fsp3) is 0.900. The monoisotopic (exact) mass is 741 g/mol. The van der Waals surface area contributed by atoms with Gasteiger partial charge in [0.2, 0.25) is 17.7 Å². The first-order valence-corrected chi connectivity index (χ1v) is 21.1. The summed E-state index contributed by atoms with van der Waals surface area (Å²) in [5, 5.41) is 21.1. The molecule has 0 aromatic heterocycles. The number of aliphatic hydroxyl groups is 2. The molecule has 52 heavy (non-hydrogen) atoms. The zero-order chi connectivity index (χ0) is 38.5. The predicted molar refractivity (Wildman–Crippen MR) is 211 cm³/mol. The molecule has 0 aliphatic heterocycles. The van der Waals surface area contributed by atoms with Gasteiger partial charge in [-0.25, -0.2) is 5.43 Å². The van der Waals surface area contributed by atoms with Gasteiger partial charge in [-0.1, -0.05) is 117 Å². The molecular weight excluding hydrogens is 660 g/mol. The summed E-state index contributed by atoms with van der Waals surface area (Å²) in [5.41, 5.74) is 11.4. The number of unbranched alkanes of at least 4 members (excludes halogenated alkanes) is 17. The van der Waals surface area contributed by atoms with Crippen molar-refractivity contribution in [2.75, 3.05) is 52.5 Å². The predicted octanol–water partition coefficient (Wildman–Crippen LogP) is 5.14. The Labute approximate surface area is 317 Å². The Kier molecular flexibility index (Phi) is 35.7. The van der Waals surface area contributed by atoms with Crippen molar-refractivity contribution in [1.82, 2.24) is 26.0 Å². The molecule has 0 rings (SSSR count). The SMILES string of the molecule is CCCCCCCCCCCC(=O)N(CCCCN(CCCNC(=O)[C@@H](N)CO)C(=O)CCCCCCCCCCC)CCCNN[C@H](C=O)CO. The van der Waals surface area contributed by atoms with Crippen LogP contribution in [0.5, 0.6) is 0 Å². The van der Waals surface area contributed by atoms with Gasteiger partial charge in [0.05, 0.1) is 19.3 Å². The van der Waals surface area contributed by atoms with E-state index in [-0.39, 0.29) is 18.4 Å². The molecule has 0 aliphatic carbocycles. The van der Waals surface area contributed by atoms with E-state index in [1.165, 1.54) is 83.5 Å². The van der Waals surface area contributed by atoms with Crippen LogP contribution in [0, 0.1) is 0 Å². The van der Waals surface area contributed by atoms with Crippen LogP contribution in [0.1, 0.15) is 168 Å². The molecule has 0 fully saturated rings. The maximum absolute atomic E-state index is 13.3. The zero-order valence-electron chi connectivity index (χ0n) is 33.4. The maximum atomic E-state index is 13.3. The highest BCUT2D eigenvalue weighted by molar-refractivity contribution is 5.81.